The largest absolute Gasteiger partial charge is 0.444 e. The van der Waals surface area contributed by atoms with E-state index in [1.54, 1.807) is 20.8 Å². The summed E-state index contributed by atoms with van der Waals surface area (Å²) in [6.45, 7) is 5.12. The maximum atomic E-state index is 11.5. The maximum Gasteiger partial charge on any atom is 0.408 e. The van der Waals surface area contributed by atoms with Gasteiger partial charge in [-0.15, -0.1) is 0 Å². The van der Waals surface area contributed by atoms with Gasteiger partial charge in [0, 0.05) is 0 Å². The van der Waals surface area contributed by atoms with E-state index in [1.807, 2.05) is 0 Å². The van der Waals surface area contributed by atoms with Crippen molar-refractivity contribution in [3.63, 3.8) is 0 Å². The molecule has 1 atom stereocenters. The molecule has 17 heavy (non-hydrogen) atoms. The molecule has 1 N–H and O–H groups in total. The van der Waals surface area contributed by atoms with Gasteiger partial charge in [0.15, 0.2) is 15.6 Å². The number of hydrogen-bond donors (Lipinski definition) is 1. The van der Waals surface area contributed by atoms with Crippen molar-refractivity contribution >= 4 is 21.7 Å². The van der Waals surface area contributed by atoms with E-state index in [2.05, 4.69) is 5.32 Å². The minimum absolute atomic E-state index is 0.0841. The first-order valence-electron chi connectivity index (χ1n) is 5.32. The van der Waals surface area contributed by atoms with Crippen LogP contribution in [0.4, 0.5) is 4.79 Å². The van der Waals surface area contributed by atoms with Crippen LogP contribution in [-0.4, -0.2) is 43.4 Å². The van der Waals surface area contributed by atoms with Crippen LogP contribution in [0.15, 0.2) is 0 Å². The molecule has 1 saturated heterocycles. The van der Waals surface area contributed by atoms with Gasteiger partial charge in [0.05, 0.1) is 11.8 Å². The molecule has 7 heteroatoms. The Hall–Kier alpha value is -1.11. The second-order valence-corrected chi connectivity index (χ2v) is 7.23. The van der Waals surface area contributed by atoms with Gasteiger partial charge >= 0.3 is 6.09 Å². The molecule has 0 aromatic heterocycles. The first kappa shape index (κ1) is 14.0. The smallest absolute Gasteiger partial charge is 0.408 e. The highest BCUT2D eigenvalue weighted by Gasteiger charge is 2.33. The average Bonchev–Trinajstić information content (AvgIpc) is 2.06. The van der Waals surface area contributed by atoms with E-state index >= 15 is 0 Å². The molecule has 0 aliphatic carbocycles. The predicted octanol–water partition coefficient (Wildman–Crippen LogP) is 0.267. The first-order valence-corrected chi connectivity index (χ1v) is 7.14. The van der Waals surface area contributed by atoms with Crippen molar-refractivity contribution in [2.75, 3.05) is 11.5 Å². The summed E-state index contributed by atoms with van der Waals surface area (Å²) in [7, 11) is -3.28. The molecule has 98 valence electrons. The highest BCUT2D eigenvalue weighted by atomic mass is 32.2. The third kappa shape index (κ3) is 4.72. The SMILES string of the molecule is CC(C)(C)OC(=O)N[C@H]1CCS(=O)(=O)CC1=O. The van der Waals surface area contributed by atoms with E-state index in [9.17, 15) is 18.0 Å². The summed E-state index contributed by atoms with van der Waals surface area (Å²) < 4.78 is 27.3. The zero-order valence-electron chi connectivity index (χ0n) is 10.1. The molecule has 6 nitrogen and oxygen atoms in total. The summed E-state index contributed by atoms with van der Waals surface area (Å²) in [6, 6.07) is -0.756. The average molecular weight is 263 g/mol. The van der Waals surface area contributed by atoms with Crippen LogP contribution >= 0.6 is 0 Å². The lowest BCUT2D eigenvalue weighted by Gasteiger charge is -2.25. The van der Waals surface area contributed by atoms with Gasteiger partial charge in [-0.3, -0.25) is 4.79 Å². The molecule has 0 aromatic carbocycles. The van der Waals surface area contributed by atoms with Crippen molar-refractivity contribution in [1.29, 1.82) is 0 Å². The molecule has 0 radical (unpaired) electrons. The Morgan fingerprint density at radius 3 is 2.47 bits per heavy atom. The Balaban J connectivity index is 2.54. The number of rotatable bonds is 1. The zero-order chi connectivity index (χ0) is 13.3. The predicted molar refractivity (Wildman–Crippen MR) is 61.4 cm³/mol. The van der Waals surface area contributed by atoms with E-state index in [0.717, 1.165) is 0 Å². The van der Waals surface area contributed by atoms with Gasteiger partial charge in [-0.2, -0.15) is 0 Å². The van der Waals surface area contributed by atoms with Gasteiger partial charge in [-0.1, -0.05) is 0 Å². The third-order valence-corrected chi connectivity index (χ3v) is 3.74. The molecule has 1 aliphatic rings. The molecule has 1 aliphatic heterocycles. The topological polar surface area (TPSA) is 89.5 Å². The fourth-order valence-electron chi connectivity index (χ4n) is 1.45. The Kier molecular flexibility index (Phi) is 3.81. The fourth-order valence-corrected chi connectivity index (χ4v) is 2.82. The number of ketones is 1. The van der Waals surface area contributed by atoms with Crippen molar-refractivity contribution in [2.45, 2.75) is 38.8 Å². The lowest BCUT2D eigenvalue weighted by atomic mass is 10.1. The number of sulfone groups is 1. The molecule has 0 unspecified atom stereocenters. The fraction of sp³-hybridized carbons (Fsp3) is 0.800. The normalized spacial score (nSPS) is 24.2. The molecule has 0 saturated carbocycles. The molecule has 1 fully saturated rings. The highest BCUT2D eigenvalue weighted by molar-refractivity contribution is 7.92. The Labute approximate surface area is 101 Å². The second kappa shape index (κ2) is 4.64. The van der Waals surface area contributed by atoms with E-state index in [-0.39, 0.29) is 12.2 Å². The maximum absolute atomic E-state index is 11.5. The van der Waals surface area contributed by atoms with Crippen LogP contribution in [0.2, 0.25) is 0 Å². The molecule has 0 aromatic rings. The van der Waals surface area contributed by atoms with Crippen LogP contribution in [0.25, 0.3) is 0 Å². The summed E-state index contributed by atoms with van der Waals surface area (Å²) in [4.78, 5) is 22.9. The van der Waals surface area contributed by atoms with Gasteiger partial charge in [-0.05, 0) is 27.2 Å². The number of hydrogen-bond acceptors (Lipinski definition) is 5. The van der Waals surface area contributed by atoms with Gasteiger partial charge in [0.1, 0.15) is 11.4 Å². The first-order chi connectivity index (χ1) is 7.59. The third-order valence-electron chi connectivity index (χ3n) is 2.16. The summed E-state index contributed by atoms with van der Waals surface area (Å²) in [5.74, 6) is -1.07. The molecule has 1 heterocycles. The van der Waals surface area contributed by atoms with Crippen LogP contribution in [0.3, 0.4) is 0 Å². The number of carbonyl (C=O) groups is 2. The van der Waals surface area contributed by atoms with Crippen LogP contribution in [0.5, 0.6) is 0 Å². The summed E-state index contributed by atoms with van der Waals surface area (Å²) >= 11 is 0. The quantitative estimate of drug-likeness (QED) is 0.733. The van der Waals surface area contributed by atoms with Gasteiger partial charge in [0.25, 0.3) is 0 Å². The van der Waals surface area contributed by atoms with E-state index in [4.69, 9.17) is 4.74 Å². The summed E-state index contributed by atoms with van der Waals surface area (Å²) in [5, 5.41) is 2.39. The molecular weight excluding hydrogens is 246 g/mol. The molecule has 1 amide bonds. The van der Waals surface area contributed by atoms with Crippen molar-refractivity contribution in [3.8, 4) is 0 Å². The monoisotopic (exact) mass is 263 g/mol. The van der Waals surface area contributed by atoms with Crippen LogP contribution in [0, 0.1) is 0 Å². The minimum Gasteiger partial charge on any atom is -0.444 e. The van der Waals surface area contributed by atoms with Crippen molar-refractivity contribution < 1.29 is 22.7 Å². The molecule has 0 spiro atoms. The molecule has 0 bridgehead atoms. The van der Waals surface area contributed by atoms with Gasteiger partial charge < -0.3 is 10.1 Å². The van der Waals surface area contributed by atoms with Crippen molar-refractivity contribution in [1.82, 2.24) is 5.32 Å². The Morgan fingerprint density at radius 2 is 2.00 bits per heavy atom. The van der Waals surface area contributed by atoms with Crippen molar-refractivity contribution in [2.24, 2.45) is 0 Å². The van der Waals surface area contributed by atoms with Crippen molar-refractivity contribution in [3.05, 3.63) is 0 Å². The zero-order valence-corrected chi connectivity index (χ0v) is 11.0. The number of alkyl carbamates (subject to hydrolysis) is 1. The van der Waals surface area contributed by atoms with E-state index in [1.165, 1.54) is 0 Å². The number of ether oxygens (including phenoxy) is 1. The van der Waals surface area contributed by atoms with Gasteiger partial charge in [-0.25, -0.2) is 13.2 Å². The molecular formula is C10H17NO5S. The second-order valence-electron chi connectivity index (χ2n) is 5.05. The summed E-state index contributed by atoms with van der Waals surface area (Å²) in [6.07, 6.45) is -0.587. The standard InChI is InChI=1S/C10H17NO5S/c1-10(2,3)16-9(13)11-7-4-5-17(14,15)6-8(7)12/h7H,4-6H2,1-3H3,(H,11,13)/t7-/m0/s1. The van der Waals surface area contributed by atoms with Gasteiger partial charge in [0.2, 0.25) is 0 Å². The number of nitrogens with one attached hydrogen (secondary N) is 1. The van der Waals surface area contributed by atoms with E-state index in [0.29, 0.717) is 0 Å². The van der Waals surface area contributed by atoms with Crippen LogP contribution < -0.4 is 5.32 Å². The summed E-state index contributed by atoms with van der Waals surface area (Å²) in [5.41, 5.74) is -0.645. The van der Waals surface area contributed by atoms with Crippen LogP contribution in [0.1, 0.15) is 27.2 Å². The lowest BCUT2D eigenvalue weighted by molar-refractivity contribution is -0.119. The number of amides is 1. The number of carbonyl (C=O) groups excluding carboxylic acids is 2. The minimum atomic E-state index is -3.28. The van der Waals surface area contributed by atoms with Crippen LogP contribution in [-0.2, 0) is 19.4 Å². The Morgan fingerprint density at radius 1 is 1.41 bits per heavy atom. The molecule has 1 rings (SSSR count). The van der Waals surface area contributed by atoms with E-state index < -0.39 is 39.1 Å². The Bertz CT molecular complexity index is 420. The highest BCUT2D eigenvalue weighted by Crippen LogP contribution is 2.11. The number of Topliss-reactive ketones (excluding diaryl/α,β-unsaturated/α-hetero) is 1. The lowest BCUT2D eigenvalue weighted by Crippen LogP contribution is -2.49.